The van der Waals surface area contributed by atoms with Crippen LogP contribution < -0.4 is 5.73 Å². The zero-order valence-corrected chi connectivity index (χ0v) is 16.3. The number of amides is 1. The van der Waals surface area contributed by atoms with Gasteiger partial charge in [-0.05, 0) is 30.4 Å². The molecular weight excluding hydrogens is 376 g/mol. The first-order valence-electron chi connectivity index (χ1n) is 9.89. The molecule has 30 heavy (non-hydrogen) atoms. The van der Waals surface area contributed by atoms with Crippen molar-refractivity contribution in [1.29, 1.82) is 0 Å². The molecule has 1 amide bonds. The summed E-state index contributed by atoms with van der Waals surface area (Å²) < 4.78 is 0. The van der Waals surface area contributed by atoms with Crippen molar-refractivity contribution in [1.82, 2.24) is 24.8 Å². The van der Waals surface area contributed by atoms with E-state index in [1.165, 1.54) is 0 Å². The van der Waals surface area contributed by atoms with E-state index in [2.05, 4.69) is 19.9 Å². The summed E-state index contributed by atoms with van der Waals surface area (Å²) in [6.07, 6.45) is 8.67. The first-order chi connectivity index (χ1) is 14.7. The van der Waals surface area contributed by atoms with Crippen molar-refractivity contribution in [3.63, 3.8) is 0 Å². The van der Waals surface area contributed by atoms with Crippen LogP contribution in [-0.2, 0) is 0 Å². The molecule has 0 bridgehead atoms. The van der Waals surface area contributed by atoms with Crippen LogP contribution in [0.15, 0.2) is 67.3 Å². The Hall–Kier alpha value is -3.87. The Kier molecular flexibility index (Phi) is 4.55. The van der Waals surface area contributed by atoms with Crippen molar-refractivity contribution in [2.45, 2.75) is 18.9 Å². The third-order valence-electron chi connectivity index (χ3n) is 5.52. The van der Waals surface area contributed by atoms with Crippen LogP contribution in [0.2, 0.25) is 0 Å². The number of likely N-dealkylation sites (tertiary alicyclic amines) is 1. The highest BCUT2D eigenvalue weighted by Crippen LogP contribution is 2.33. The second-order valence-corrected chi connectivity index (χ2v) is 7.34. The summed E-state index contributed by atoms with van der Waals surface area (Å²) in [6, 6.07) is 13.7. The zero-order valence-electron chi connectivity index (χ0n) is 16.3. The van der Waals surface area contributed by atoms with E-state index in [1.807, 2.05) is 47.4 Å². The third-order valence-corrected chi connectivity index (χ3v) is 5.52. The largest absolute Gasteiger partial charge is 0.368 e. The number of carbonyl (C=O) groups excluding carboxylic acids is 1. The molecule has 1 atom stereocenters. The second kappa shape index (κ2) is 7.51. The molecule has 4 heterocycles. The maximum absolute atomic E-state index is 13.4. The number of nitrogen functional groups attached to an aromatic ring is 1. The molecule has 1 aromatic carbocycles. The van der Waals surface area contributed by atoms with Gasteiger partial charge in [-0.25, -0.2) is 9.97 Å². The summed E-state index contributed by atoms with van der Waals surface area (Å²) in [7, 11) is 0. The van der Waals surface area contributed by atoms with Gasteiger partial charge in [0, 0.05) is 47.8 Å². The molecule has 1 unspecified atom stereocenters. The van der Waals surface area contributed by atoms with Crippen molar-refractivity contribution in [3.8, 4) is 11.1 Å². The lowest BCUT2D eigenvalue weighted by Gasteiger charge is -2.24. The standard InChI is InChI=1S/C23H20N6O/c24-23-27-13-17(14-28-23)16-7-8-19(26-12-16)20-6-3-11-29(20)22(30)21-18-5-2-1-4-15(18)9-10-25-21/h1-2,4-5,7-10,12-14,20H,3,6,11H2,(H2,24,27,28). The maximum Gasteiger partial charge on any atom is 0.273 e. The summed E-state index contributed by atoms with van der Waals surface area (Å²) in [4.78, 5) is 32.4. The predicted octanol–water partition coefficient (Wildman–Crippen LogP) is 3.65. The van der Waals surface area contributed by atoms with Gasteiger partial charge in [0.2, 0.25) is 5.95 Å². The van der Waals surface area contributed by atoms with E-state index in [0.29, 0.717) is 12.2 Å². The fourth-order valence-corrected chi connectivity index (χ4v) is 4.00. The number of anilines is 1. The minimum atomic E-state index is -0.0602. The Labute approximate surface area is 173 Å². The van der Waals surface area contributed by atoms with Gasteiger partial charge in [0.15, 0.2) is 0 Å². The first-order valence-corrected chi connectivity index (χ1v) is 9.89. The average molecular weight is 396 g/mol. The number of carbonyl (C=O) groups is 1. The summed E-state index contributed by atoms with van der Waals surface area (Å²) in [5.41, 5.74) is 8.69. The van der Waals surface area contributed by atoms with Gasteiger partial charge in [-0.3, -0.25) is 14.8 Å². The van der Waals surface area contributed by atoms with Crippen LogP contribution in [0.5, 0.6) is 0 Å². The molecule has 0 radical (unpaired) electrons. The van der Waals surface area contributed by atoms with E-state index in [4.69, 9.17) is 5.73 Å². The van der Waals surface area contributed by atoms with Crippen LogP contribution in [0, 0.1) is 0 Å². The molecule has 0 spiro atoms. The Morgan fingerprint density at radius 1 is 0.933 bits per heavy atom. The molecule has 7 heteroatoms. The van der Waals surface area contributed by atoms with Crippen molar-refractivity contribution >= 4 is 22.6 Å². The number of hydrogen-bond donors (Lipinski definition) is 1. The SMILES string of the molecule is Nc1ncc(-c2ccc(C3CCCN3C(=O)c3nccc4ccccc34)nc2)cn1. The van der Waals surface area contributed by atoms with Crippen LogP contribution in [0.3, 0.4) is 0 Å². The van der Waals surface area contributed by atoms with Gasteiger partial charge in [-0.15, -0.1) is 0 Å². The normalized spacial score (nSPS) is 16.1. The molecule has 4 aromatic rings. The lowest BCUT2D eigenvalue weighted by atomic mass is 10.1. The van der Waals surface area contributed by atoms with Crippen LogP contribution in [0.4, 0.5) is 5.95 Å². The molecule has 2 N–H and O–H groups in total. The molecule has 1 aliphatic heterocycles. The molecule has 148 valence electrons. The number of rotatable bonds is 3. The Morgan fingerprint density at radius 3 is 2.53 bits per heavy atom. The Balaban J connectivity index is 1.43. The summed E-state index contributed by atoms with van der Waals surface area (Å²) >= 11 is 0. The average Bonchev–Trinajstić information content (AvgIpc) is 3.29. The molecule has 3 aromatic heterocycles. The predicted molar refractivity (Wildman–Crippen MR) is 114 cm³/mol. The van der Waals surface area contributed by atoms with Gasteiger partial charge in [0.05, 0.1) is 11.7 Å². The number of hydrogen-bond acceptors (Lipinski definition) is 6. The van der Waals surface area contributed by atoms with E-state index >= 15 is 0 Å². The van der Waals surface area contributed by atoms with Crippen LogP contribution in [0.1, 0.15) is 35.1 Å². The third kappa shape index (κ3) is 3.24. The fraction of sp³-hybridized carbons (Fsp3) is 0.174. The molecule has 1 aliphatic rings. The maximum atomic E-state index is 13.4. The van der Waals surface area contributed by atoms with E-state index in [-0.39, 0.29) is 17.9 Å². The molecule has 5 rings (SSSR count). The van der Waals surface area contributed by atoms with Crippen LogP contribution in [-0.4, -0.2) is 37.3 Å². The van der Waals surface area contributed by atoms with Gasteiger partial charge >= 0.3 is 0 Å². The van der Waals surface area contributed by atoms with Gasteiger partial charge in [0.25, 0.3) is 5.91 Å². The molecule has 1 saturated heterocycles. The number of aromatic nitrogens is 4. The van der Waals surface area contributed by atoms with Gasteiger partial charge < -0.3 is 10.6 Å². The van der Waals surface area contributed by atoms with E-state index < -0.39 is 0 Å². The lowest BCUT2D eigenvalue weighted by Crippen LogP contribution is -2.31. The van der Waals surface area contributed by atoms with Crippen LogP contribution >= 0.6 is 0 Å². The molecular formula is C23H20N6O. The number of fused-ring (bicyclic) bond motifs is 1. The highest BCUT2D eigenvalue weighted by atomic mass is 16.2. The van der Waals surface area contributed by atoms with Crippen LogP contribution in [0.25, 0.3) is 21.9 Å². The number of pyridine rings is 2. The quantitative estimate of drug-likeness (QED) is 0.568. The van der Waals surface area contributed by atoms with Gasteiger partial charge in [-0.2, -0.15) is 0 Å². The monoisotopic (exact) mass is 396 g/mol. The number of nitrogens with two attached hydrogens (primary N) is 1. The number of nitrogens with zero attached hydrogens (tertiary/aromatic N) is 5. The molecule has 0 aliphatic carbocycles. The minimum absolute atomic E-state index is 0.0490. The van der Waals surface area contributed by atoms with E-state index in [0.717, 1.165) is 40.4 Å². The topological polar surface area (TPSA) is 97.9 Å². The smallest absolute Gasteiger partial charge is 0.273 e. The van der Waals surface area contributed by atoms with Crippen molar-refractivity contribution in [3.05, 3.63) is 78.6 Å². The zero-order chi connectivity index (χ0) is 20.5. The van der Waals surface area contributed by atoms with Crippen molar-refractivity contribution in [2.24, 2.45) is 0 Å². The summed E-state index contributed by atoms with van der Waals surface area (Å²) in [5.74, 6) is 0.192. The minimum Gasteiger partial charge on any atom is -0.368 e. The highest BCUT2D eigenvalue weighted by Gasteiger charge is 2.32. The van der Waals surface area contributed by atoms with E-state index in [9.17, 15) is 4.79 Å². The fourth-order valence-electron chi connectivity index (χ4n) is 4.00. The summed E-state index contributed by atoms with van der Waals surface area (Å²) in [6.45, 7) is 0.698. The molecule has 0 saturated carbocycles. The number of benzene rings is 1. The lowest BCUT2D eigenvalue weighted by molar-refractivity contribution is 0.0729. The van der Waals surface area contributed by atoms with Crippen molar-refractivity contribution < 1.29 is 4.79 Å². The summed E-state index contributed by atoms with van der Waals surface area (Å²) in [5, 5.41) is 1.89. The van der Waals surface area contributed by atoms with E-state index in [1.54, 1.807) is 24.8 Å². The first kappa shape index (κ1) is 18.2. The van der Waals surface area contributed by atoms with Crippen molar-refractivity contribution in [2.75, 3.05) is 12.3 Å². The Bertz CT molecular complexity index is 1200. The highest BCUT2D eigenvalue weighted by molar-refractivity contribution is 6.05. The van der Waals surface area contributed by atoms with Gasteiger partial charge in [0.1, 0.15) is 5.69 Å². The van der Waals surface area contributed by atoms with Gasteiger partial charge in [-0.1, -0.05) is 30.3 Å². The second-order valence-electron chi connectivity index (χ2n) is 7.34. The molecule has 7 nitrogen and oxygen atoms in total. The Morgan fingerprint density at radius 2 is 1.73 bits per heavy atom. The molecule has 1 fully saturated rings.